The van der Waals surface area contributed by atoms with E-state index in [4.69, 9.17) is 16.3 Å². The van der Waals surface area contributed by atoms with Gasteiger partial charge in [0.2, 0.25) is 11.8 Å². The fourth-order valence-corrected chi connectivity index (χ4v) is 5.73. The number of nitrogens with zero attached hydrogens (tertiary/aromatic N) is 2. The van der Waals surface area contributed by atoms with Gasteiger partial charge in [-0.25, -0.2) is 8.42 Å². The maximum Gasteiger partial charge on any atom is 0.264 e. The second kappa shape index (κ2) is 11.7. The normalized spacial score (nSPS) is 13.5. The Morgan fingerprint density at radius 2 is 1.76 bits per heavy atom. The zero-order chi connectivity index (χ0) is 26.4. The predicted octanol–water partition coefficient (Wildman–Crippen LogP) is 3.98. The van der Waals surface area contributed by atoms with Crippen molar-refractivity contribution >= 4 is 39.1 Å². The van der Waals surface area contributed by atoms with E-state index in [-0.39, 0.29) is 28.8 Å². The SMILES string of the molecule is COc1ccc(Cl)cc1N(CC(=O)NCc1ccc(CN2CCCC2=O)cc1)S(=O)(=O)c1ccccc1. The topological polar surface area (TPSA) is 96.0 Å². The van der Waals surface area contributed by atoms with Crippen LogP contribution in [0.4, 0.5) is 5.69 Å². The zero-order valence-corrected chi connectivity index (χ0v) is 22.0. The Hall–Kier alpha value is -3.56. The molecule has 1 fully saturated rings. The predicted molar refractivity (Wildman–Crippen MR) is 142 cm³/mol. The lowest BCUT2D eigenvalue weighted by Gasteiger charge is -2.26. The summed E-state index contributed by atoms with van der Waals surface area (Å²) in [7, 11) is -2.68. The quantitative estimate of drug-likeness (QED) is 0.419. The minimum absolute atomic E-state index is 0.0388. The van der Waals surface area contributed by atoms with Crippen LogP contribution in [-0.2, 0) is 32.7 Å². The van der Waals surface area contributed by atoms with Gasteiger partial charge in [0, 0.05) is 31.1 Å². The third kappa shape index (κ3) is 6.42. The van der Waals surface area contributed by atoms with Crippen molar-refractivity contribution in [2.75, 3.05) is 24.5 Å². The van der Waals surface area contributed by atoms with E-state index >= 15 is 0 Å². The lowest BCUT2D eigenvalue weighted by molar-refractivity contribution is -0.128. The molecule has 3 aromatic carbocycles. The Kier molecular flexibility index (Phi) is 8.35. The van der Waals surface area contributed by atoms with E-state index in [0.717, 1.165) is 28.4 Å². The number of sulfonamides is 1. The lowest BCUT2D eigenvalue weighted by atomic mass is 10.1. The lowest BCUT2D eigenvalue weighted by Crippen LogP contribution is -2.40. The summed E-state index contributed by atoms with van der Waals surface area (Å²) in [4.78, 5) is 26.7. The van der Waals surface area contributed by atoms with Crippen LogP contribution in [0.15, 0.2) is 77.7 Å². The molecule has 0 unspecified atom stereocenters. The van der Waals surface area contributed by atoms with Crippen molar-refractivity contribution in [3.8, 4) is 5.75 Å². The van der Waals surface area contributed by atoms with Crippen molar-refractivity contribution < 1.29 is 22.7 Å². The van der Waals surface area contributed by atoms with Crippen molar-refractivity contribution in [2.24, 2.45) is 0 Å². The zero-order valence-electron chi connectivity index (χ0n) is 20.4. The smallest absolute Gasteiger partial charge is 0.264 e. The first kappa shape index (κ1) is 26.5. The van der Waals surface area contributed by atoms with Crippen LogP contribution in [0.3, 0.4) is 0 Å². The maximum atomic E-state index is 13.5. The molecule has 8 nitrogen and oxygen atoms in total. The van der Waals surface area contributed by atoms with Gasteiger partial charge in [0.05, 0.1) is 17.7 Å². The van der Waals surface area contributed by atoms with Crippen molar-refractivity contribution in [3.63, 3.8) is 0 Å². The summed E-state index contributed by atoms with van der Waals surface area (Å²) in [5, 5.41) is 3.10. The van der Waals surface area contributed by atoms with Gasteiger partial charge < -0.3 is 15.0 Å². The van der Waals surface area contributed by atoms with Gasteiger partial charge in [0.1, 0.15) is 12.3 Å². The number of anilines is 1. The van der Waals surface area contributed by atoms with Crippen LogP contribution in [-0.4, -0.2) is 45.3 Å². The number of carbonyl (C=O) groups is 2. The number of methoxy groups -OCH3 is 1. The van der Waals surface area contributed by atoms with Crippen LogP contribution in [0, 0.1) is 0 Å². The second-order valence-electron chi connectivity index (χ2n) is 8.65. The Bertz CT molecular complexity index is 1360. The molecule has 0 bridgehead atoms. The van der Waals surface area contributed by atoms with Crippen LogP contribution >= 0.6 is 11.6 Å². The van der Waals surface area contributed by atoms with Gasteiger partial charge >= 0.3 is 0 Å². The largest absolute Gasteiger partial charge is 0.495 e. The van der Waals surface area contributed by atoms with Crippen LogP contribution in [0.25, 0.3) is 0 Å². The van der Waals surface area contributed by atoms with Gasteiger partial charge in [0.25, 0.3) is 10.0 Å². The highest BCUT2D eigenvalue weighted by molar-refractivity contribution is 7.92. The Labute approximate surface area is 221 Å². The third-order valence-corrected chi connectivity index (χ3v) is 8.09. The third-order valence-electron chi connectivity index (χ3n) is 6.09. The molecule has 10 heteroatoms. The molecule has 194 valence electrons. The van der Waals surface area contributed by atoms with E-state index in [9.17, 15) is 18.0 Å². The van der Waals surface area contributed by atoms with Gasteiger partial charge in [-0.15, -0.1) is 0 Å². The van der Waals surface area contributed by atoms with Crippen LogP contribution < -0.4 is 14.4 Å². The number of hydrogen-bond donors (Lipinski definition) is 1. The molecule has 0 spiro atoms. The van der Waals surface area contributed by atoms with Gasteiger partial charge in [-0.05, 0) is 47.9 Å². The number of likely N-dealkylation sites (tertiary alicyclic amines) is 1. The molecule has 0 aromatic heterocycles. The highest BCUT2D eigenvalue weighted by Gasteiger charge is 2.29. The molecule has 1 saturated heterocycles. The number of nitrogens with one attached hydrogen (secondary N) is 1. The van der Waals surface area contributed by atoms with Crippen LogP contribution in [0.5, 0.6) is 5.75 Å². The van der Waals surface area contributed by atoms with E-state index in [1.807, 2.05) is 29.2 Å². The maximum absolute atomic E-state index is 13.5. The fraction of sp³-hybridized carbons (Fsp3) is 0.259. The molecule has 37 heavy (non-hydrogen) atoms. The number of halogens is 1. The van der Waals surface area contributed by atoms with Crippen molar-refractivity contribution in [1.29, 1.82) is 0 Å². The first-order valence-corrected chi connectivity index (χ1v) is 13.6. The fourth-order valence-electron chi connectivity index (χ4n) is 4.12. The first-order valence-electron chi connectivity index (χ1n) is 11.8. The summed E-state index contributed by atoms with van der Waals surface area (Å²) in [6, 6.07) is 20.1. The second-order valence-corrected chi connectivity index (χ2v) is 11.0. The Morgan fingerprint density at radius 1 is 1.05 bits per heavy atom. The van der Waals surface area contributed by atoms with Gasteiger partial charge in [-0.3, -0.25) is 13.9 Å². The number of benzene rings is 3. The molecule has 4 rings (SSSR count). The average molecular weight is 542 g/mol. The van der Waals surface area contributed by atoms with E-state index in [0.29, 0.717) is 18.0 Å². The summed E-state index contributed by atoms with van der Waals surface area (Å²) in [5.74, 6) is -0.0558. The number of carbonyl (C=O) groups excluding carboxylic acids is 2. The summed E-state index contributed by atoms with van der Waals surface area (Å²) < 4.78 is 33.5. The molecule has 0 atom stereocenters. The van der Waals surface area contributed by atoms with Gasteiger partial charge in [-0.2, -0.15) is 0 Å². The molecule has 0 aliphatic carbocycles. The summed E-state index contributed by atoms with van der Waals surface area (Å²) in [6.07, 6.45) is 1.49. The molecule has 1 aliphatic rings. The molecule has 1 N–H and O–H groups in total. The van der Waals surface area contributed by atoms with E-state index < -0.39 is 22.5 Å². The highest BCUT2D eigenvalue weighted by Crippen LogP contribution is 2.34. The average Bonchev–Trinajstić information content (AvgIpc) is 3.31. The molecule has 1 aliphatic heterocycles. The number of hydrogen-bond acceptors (Lipinski definition) is 5. The highest BCUT2D eigenvalue weighted by atomic mass is 35.5. The minimum atomic E-state index is -4.10. The molecule has 3 aromatic rings. The molecule has 0 saturated carbocycles. The Balaban J connectivity index is 1.49. The van der Waals surface area contributed by atoms with Crippen molar-refractivity contribution in [3.05, 3.63) is 88.9 Å². The Morgan fingerprint density at radius 3 is 2.41 bits per heavy atom. The van der Waals surface area contributed by atoms with Gasteiger partial charge in [0.15, 0.2) is 0 Å². The molecule has 0 radical (unpaired) electrons. The van der Waals surface area contributed by atoms with E-state index in [1.165, 1.54) is 25.3 Å². The van der Waals surface area contributed by atoms with Crippen molar-refractivity contribution in [2.45, 2.75) is 30.8 Å². The minimum Gasteiger partial charge on any atom is -0.495 e. The summed E-state index contributed by atoms with van der Waals surface area (Å²) in [5.41, 5.74) is 2.02. The van der Waals surface area contributed by atoms with Crippen LogP contribution in [0.1, 0.15) is 24.0 Å². The number of ether oxygens (including phenoxy) is 1. The molecular weight excluding hydrogens is 514 g/mol. The van der Waals surface area contributed by atoms with E-state index in [2.05, 4.69) is 5.32 Å². The molecular formula is C27H28ClN3O5S. The molecule has 2 amide bonds. The van der Waals surface area contributed by atoms with Crippen molar-refractivity contribution in [1.82, 2.24) is 10.2 Å². The molecule has 1 heterocycles. The summed E-state index contributed by atoms with van der Waals surface area (Å²) >= 11 is 6.17. The van der Waals surface area contributed by atoms with Gasteiger partial charge in [-0.1, -0.05) is 54.1 Å². The summed E-state index contributed by atoms with van der Waals surface area (Å²) in [6.45, 7) is 1.09. The van der Waals surface area contributed by atoms with E-state index in [1.54, 1.807) is 30.3 Å². The standard InChI is InChI=1S/C27H28ClN3O5S/c1-36-25-14-13-22(28)16-24(25)31(37(34,35)23-6-3-2-4-7-23)19-26(32)29-17-20-9-11-21(12-10-20)18-30-15-5-8-27(30)33/h2-4,6-7,9-14,16H,5,8,15,17-19H2,1H3,(H,29,32). The van der Waals surface area contributed by atoms with Crippen LogP contribution in [0.2, 0.25) is 5.02 Å². The monoisotopic (exact) mass is 541 g/mol. The number of rotatable bonds is 10. The first-order chi connectivity index (χ1) is 17.8. The number of amides is 2.